The normalized spacial score (nSPS) is 11.7. The molecule has 0 bridgehead atoms. The van der Waals surface area contributed by atoms with E-state index in [-0.39, 0.29) is 20.6 Å². The van der Waals surface area contributed by atoms with E-state index >= 15 is 0 Å². The molecule has 0 aliphatic carbocycles. The van der Waals surface area contributed by atoms with Gasteiger partial charge in [0.2, 0.25) is 0 Å². The smallest absolute Gasteiger partial charge is 0.263 e. The average molecular weight is 327 g/mol. The number of nitrogens with zero attached hydrogens (tertiary/aromatic N) is 1. The van der Waals surface area contributed by atoms with Crippen LogP contribution < -0.4 is 0 Å². The van der Waals surface area contributed by atoms with Gasteiger partial charge in [-0.25, -0.2) is 0 Å². The first-order valence-electron chi connectivity index (χ1n) is 4.97. The predicted molar refractivity (Wildman–Crippen MR) is 69.7 cm³/mol. The van der Waals surface area contributed by atoms with Gasteiger partial charge in [-0.1, -0.05) is 40.9 Å². The fraction of sp³-hybridized carbons (Fsp3) is 0.0833. The summed E-state index contributed by atoms with van der Waals surface area (Å²) in [6.07, 6.45) is -2.44. The van der Waals surface area contributed by atoms with Crippen molar-refractivity contribution in [2.24, 2.45) is 0 Å². The lowest BCUT2D eigenvalue weighted by atomic mass is 10.1. The van der Waals surface area contributed by atoms with E-state index in [4.69, 9.17) is 34.8 Å². The van der Waals surface area contributed by atoms with Crippen LogP contribution >= 0.6 is 34.8 Å². The predicted octanol–water partition coefficient (Wildman–Crippen LogP) is 5.73. The minimum atomic E-state index is -4.47. The van der Waals surface area contributed by atoms with Crippen molar-refractivity contribution in [3.63, 3.8) is 0 Å². The second-order valence-corrected chi connectivity index (χ2v) is 4.85. The summed E-state index contributed by atoms with van der Waals surface area (Å²) in [6.45, 7) is 0. The Bertz CT molecular complexity index is 626. The highest BCUT2D eigenvalue weighted by Gasteiger charge is 2.31. The maximum atomic E-state index is 12.6. The van der Waals surface area contributed by atoms with Crippen molar-refractivity contribution in [1.82, 2.24) is 4.98 Å². The Morgan fingerprint density at radius 3 is 2.26 bits per heavy atom. The summed E-state index contributed by atoms with van der Waals surface area (Å²) in [5.74, 6) is 0. The topological polar surface area (TPSA) is 12.9 Å². The maximum absolute atomic E-state index is 12.6. The van der Waals surface area contributed by atoms with E-state index in [1.165, 1.54) is 18.3 Å². The Morgan fingerprint density at radius 2 is 1.63 bits per heavy atom. The Balaban J connectivity index is 2.57. The van der Waals surface area contributed by atoms with Crippen molar-refractivity contribution in [3.8, 4) is 11.1 Å². The third-order valence-electron chi connectivity index (χ3n) is 2.41. The van der Waals surface area contributed by atoms with E-state index in [9.17, 15) is 13.2 Å². The molecule has 0 atom stereocenters. The van der Waals surface area contributed by atoms with Gasteiger partial charge in [-0.3, -0.25) is 4.98 Å². The summed E-state index contributed by atoms with van der Waals surface area (Å²) in [7, 11) is 0. The molecule has 0 aliphatic rings. The number of rotatable bonds is 1. The van der Waals surface area contributed by atoms with Crippen LogP contribution in [0.5, 0.6) is 0 Å². The van der Waals surface area contributed by atoms with Crippen molar-refractivity contribution in [2.75, 3.05) is 0 Å². The van der Waals surface area contributed by atoms with Crippen molar-refractivity contribution in [2.45, 2.75) is 6.18 Å². The average Bonchev–Trinajstić information content (AvgIpc) is 2.35. The zero-order valence-electron chi connectivity index (χ0n) is 9.10. The zero-order chi connectivity index (χ0) is 14.2. The molecule has 0 radical (unpaired) electrons. The number of alkyl halides is 3. The maximum Gasteiger partial charge on any atom is 0.417 e. The third-order valence-corrected chi connectivity index (χ3v) is 3.71. The number of hydrogen-bond donors (Lipinski definition) is 0. The molecule has 0 aliphatic heterocycles. The second kappa shape index (κ2) is 5.19. The summed E-state index contributed by atoms with van der Waals surface area (Å²) in [6, 6.07) is 3.91. The molecule has 0 spiro atoms. The van der Waals surface area contributed by atoms with Gasteiger partial charge in [-0.2, -0.15) is 13.2 Å². The Kier molecular flexibility index (Phi) is 3.95. The molecule has 1 aromatic heterocycles. The van der Waals surface area contributed by atoms with Crippen LogP contribution in [0.3, 0.4) is 0 Å². The van der Waals surface area contributed by atoms with E-state index < -0.39 is 11.7 Å². The molecule has 2 aromatic rings. The van der Waals surface area contributed by atoms with Crippen LogP contribution in [0.15, 0.2) is 30.6 Å². The minimum absolute atomic E-state index is 0.0929. The Hall–Kier alpha value is -0.970. The van der Waals surface area contributed by atoms with Gasteiger partial charge in [-0.05, 0) is 12.1 Å². The number of aromatic nitrogens is 1. The molecule has 0 amide bonds. The van der Waals surface area contributed by atoms with E-state index in [0.717, 1.165) is 12.3 Å². The standard InChI is InChI=1S/C12H5Cl3F3N/c13-9-2-1-8(10(14)11(9)15)6-3-7(5-19-4-6)12(16,17)18/h1-5H. The molecule has 100 valence electrons. The van der Waals surface area contributed by atoms with Gasteiger partial charge < -0.3 is 0 Å². The fourth-order valence-corrected chi connectivity index (χ4v) is 2.14. The lowest BCUT2D eigenvalue weighted by Gasteiger charge is -2.10. The van der Waals surface area contributed by atoms with Crippen LogP contribution in [0.1, 0.15) is 5.56 Å². The van der Waals surface area contributed by atoms with Crippen LogP contribution in [0.4, 0.5) is 13.2 Å². The zero-order valence-corrected chi connectivity index (χ0v) is 11.4. The third kappa shape index (κ3) is 2.96. The molecule has 19 heavy (non-hydrogen) atoms. The number of hydrogen-bond acceptors (Lipinski definition) is 1. The van der Waals surface area contributed by atoms with Gasteiger partial charge in [-0.15, -0.1) is 0 Å². The quantitative estimate of drug-likeness (QED) is 0.610. The monoisotopic (exact) mass is 325 g/mol. The molecular weight excluding hydrogens is 321 g/mol. The van der Waals surface area contributed by atoms with E-state index in [1.807, 2.05) is 0 Å². The first-order chi connectivity index (χ1) is 8.80. The van der Waals surface area contributed by atoms with Gasteiger partial charge in [0.05, 0.1) is 20.6 Å². The number of halogens is 6. The molecule has 0 unspecified atom stereocenters. The van der Waals surface area contributed by atoms with Gasteiger partial charge in [0.25, 0.3) is 0 Å². The highest BCUT2D eigenvalue weighted by atomic mass is 35.5. The highest BCUT2D eigenvalue weighted by molar-refractivity contribution is 6.49. The van der Waals surface area contributed by atoms with Crippen molar-refractivity contribution in [1.29, 1.82) is 0 Å². The fourth-order valence-electron chi connectivity index (χ4n) is 1.49. The van der Waals surface area contributed by atoms with E-state index in [0.29, 0.717) is 5.56 Å². The lowest BCUT2D eigenvalue weighted by molar-refractivity contribution is -0.137. The summed E-state index contributed by atoms with van der Waals surface area (Å²) in [5.41, 5.74) is -0.291. The molecular formula is C12H5Cl3F3N. The minimum Gasteiger partial charge on any atom is -0.263 e. The van der Waals surface area contributed by atoms with Crippen molar-refractivity contribution < 1.29 is 13.2 Å². The first-order valence-corrected chi connectivity index (χ1v) is 6.10. The summed E-state index contributed by atoms with van der Waals surface area (Å²) < 4.78 is 37.8. The molecule has 0 saturated carbocycles. The van der Waals surface area contributed by atoms with Crippen LogP contribution in [0.2, 0.25) is 15.1 Å². The number of benzene rings is 1. The van der Waals surface area contributed by atoms with Crippen LogP contribution in [-0.4, -0.2) is 4.98 Å². The molecule has 2 rings (SSSR count). The van der Waals surface area contributed by atoms with Crippen LogP contribution in [0, 0.1) is 0 Å². The van der Waals surface area contributed by atoms with Gasteiger partial charge in [0, 0.05) is 23.5 Å². The van der Waals surface area contributed by atoms with Crippen LogP contribution in [0.25, 0.3) is 11.1 Å². The summed E-state index contributed by atoms with van der Waals surface area (Å²) in [4.78, 5) is 3.57. The molecule has 0 saturated heterocycles. The highest BCUT2D eigenvalue weighted by Crippen LogP contribution is 2.39. The summed E-state index contributed by atoms with van der Waals surface area (Å²) in [5, 5.41) is 0.420. The van der Waals surface area contributed by atoms with Gasteiger partial charge in [0.1, 0.15) is 0 Å². The van der Waals surface area contributed by atoms with Gasteiger partial charge in [0.15, 0.2) is 0 Å². The SMILES string of the molecule is FC(F)(F)c1cncc(-c2ccc(Cl)c(Cl)c2Cl)c1. The second-order valence-electron chi connectivity index (χ2n) is 3.68. The molecule has 0 N–H and O–H groups in total. The van der Waals surface area contributed by atoms with Crippen LogP contribution in [-0.2, 0) is 6.18 Å². The Morgan fingerprint density at radius 1 is 0.947 bits per heavy atom. The van der Waals surface area contributed by atoms with Crippen molar-refractivity contribution >= 4 is 34.8 Å². The molecule has 7 heteroatoms. The molecule has 1 aromatic carbocycles. The Labute approximate surface area is 121 Å². The van der Waals surface area contributed by atoms with Gasteiger partial charge >= 0.3 is 6.18 Å². The first kappa shape index (κ1) is 14.4. The summed E-state index contributed by atoms with van der Waals surface area (Å²) >= 11 is 17.6. The van der Waals surface area contributed by atoms with E-state index in [1.54, 1.807) is 0 Å². The largest absolute Gasteiger partial charge is 0.417 e. The van der Waals surface area contributed by atoms with E-state index in [2.05, 4.69) is 4.98 Å². The molecule has 0 fully saturated rings. The molecule has 1 heterocycles. The van der Waals surface area contributed by atoms with Crippen molar-refractivity contribution in [3.05, 3.63) is 51.2 Å². The lowest BCUT2D eigenvalue weighted by Crippen LogP contribution is -2.05. The number of pyridine rings is 1. The molecule has 1 nitrogen and oxygen atoms in total.